The number of piperidine rings is 1. The van der Waals surface area contributed by atoms with Crippen LogP contribution in [0.2, 0.25) is 0 Å². The van der Waals surface area contributed by atoms with Crippen LogP contribution in [0.5, 0.6) is 0 Å². The second kappa shape index (κ2) is 7.65. The van der Waals surface area contributed by atoms with Crippen LogP contribution in [0.4, 0.5) is 4.79 Å². The highest BCUT2D eigenvalue weighted by atomic mass is 32.2. The van der Waals surface area contributed by atoms with Gasteiger partial charge in [-0.1, -0.05) is 6.07 Å². The smallest absolute Gasteiger partial charge is 0.410 e. The van der Waals surface area contributed by atoms with E-state index in [2.05, 4.69) is 10.8 Å². The van der Waals surface area contributed by atoms with E-state index < -0.39 is 16.6 Å². The van der Waals surface area contributed by atoms with Gasteiger partial charge in [-0.2, -0.15) is 0 Å². The largest absolute Gasteiger partial charge is 0.444 e. The molecule has 1 aliphatic heterocycles. The predicted molar refractivity (Wildman–Crippen MR) is 116 cm³/mol. The Kier molecular flexibility index (Phi) is 5.86. The molecular weight excluding hydrogens is 386 g/mol. The van der Waals surface area contributed by atoms with Gasteiger partial charge in [0.25, 0.3) is 0 Å². The summed E-state index contributed by atoms with van der Waals surface area (Å²) in [6.45, 7) is 14.9. The van der Waals surface area contributed by atoms with Gasteiger partial charge in [-0.25, -0.2) is 13.7 Å². The molecule has 2 atom stereocenters. The highest BCUT2D eigenvalue weighted by Crippen LogP contribution is 2.52. The molecule has 0 saturated carbocycles. The van der Waals surface area contributed by atoms with Crippen molar-refractivity contribution in [1.29, 1.82) is 0 Å². The van der Waals surface area contributed by atoms with E-state index >= 15 is 0 Å². The van der Waals surface area contributed by atoms with Crippen molar-refractivity contribution in [2.24, 2.45) is 5.41 Å². The Labute approximate surface area is 177 Å². The molecule has 1 saturated heterocycles. The SMILES string of the molecule is Cc1ccc2c(n1)CC1(CCN(C(=O)OC(C)(C)C)CC1)C2N[S@@](=O)C(C)(C)C. The van der Waals surface area contributed by atoms with Crippen LogP contribution in [0.15, 0.2) is 12.1 Å². The molecule has 0 bridgehead atoms. The first-order chi connectivity index (χ1) is 13.3. The van der Waals surface area contributed by atoms with Crippen molar-refractivity contribution < 1.29 is 13.7 Å². The van der Waals surface area contributed by atoms with E-state index in [0.29, 0.717) is 13.1 Å². The van der Waals surface area contributed by atoms with Crippen molar-refractivity contribution >= 4 is 17.1 Å². The molecule has 0 radical (unpaired) electrons. The first-order valence-electron chi connectivity index (χ1n) is 10.4. The highest BCUT2D eigenvalue weighted by molar-refractivity contribution is 7.84. The van der Waals surface area contributed by atoms with Gasteiger partial charge >= 0.3 is 6.09 Å². The molecule has 1 aromatic rings. The number of likely N-dealkylation sites (tertiary alicyclic amines) is 1. The number of pyridine rings is 1. The van der Waals surface area contributed by atoms with Gasteiger partial charge in [0.05, 0.1) is 21.8 Å². The van der Waals surface area contributed by atoms with Crippen LogP contribution in [0.3, 0.4) is 0 Å². The molecular formula is C22H35N3O3S. The minimum absolute atomic E-state index is 0.0218. The average molecular weight is 422 g/mol. The molecule has 1 unspecified atom stereocenters. The second-order valence-corrected chi connectivity index (χ2v) is 12.4. The van der Waals surface area contributed by atoms with Crippen molar-refractivity contribution in [1.82, 2.24) is 14.6 Å². The first kappa shape index (κ1) is 22.2. The number of rotatable bonds is 2. The van der Waals surface area contributed by atoms with Crippen LogP contribution in [0.1, 0.15) is 77.4 Å². The van der Waals surface area contributed by atoms with Crippen LogP contribution >= 0.6 is 0 Å². The second-order valence-electron chi connectivity index (χ2n) is 10.4. The van der Waals surface area contributed by atoms with Gasteiger partial charge in [0.1, 0.15) is 5.60 Å². The van der Waals surface area contributed by atoms with Crippen LogP contribution in [-0.4, -0.2) is 43.6 Å². The molecule has 6 nitrogen and oxygen atoms in total. The summed E-state index contributed by atoms with van der Waals surface area (Å²) in [6, 6.07) is 4.14. The average Bonchev–Trinajstić information content (AvgIpc) is 2.85. The summed E-state index contributed by atoms with van der Waals surface area (Å²) in [5, 5.41) is 0. The maximum absolute atomic E-state index is 12.9. The Hall–Kier alpha value is -1.47. The molecule has 1 fully saturated rings. The van der Waals surface area contributed by atoms with Gasteiger partial charge in [0, 0.05) is 24.5 Å². The zero-order chi connectivity index (χ0) is 21.6. The molecule has 29 heavy (non-hydrogen) atoms. The number of nitrogens with one attached hydrogen (secondary N) is 1. The lowest BCUT2D eigenvalue weighted by Gasteiger charge is -2.43. The van der Waals surface area contributed by atoms with E-state index in [-0.39, 0.29) is 22.3 Å². The van der Waals surface area contributed by atoms with Gasteiger partial charge < -0.3 is 9.64 Å². The van der Waals surface area contributed by atoms with Crippen LogP contribution in [0.25, 0.3) is 0 Å². The monoisotopic (exact) mass is 421 g/mol. The normalized spacial score (nSPS) is 22.4. The Morgan fingerprint density at radius 3 is 2.38 bits per heavy atom. The number of nitrogens with zero attached hydrogens (tertiary/aromatic N) is 2. The van der Waals surface area contributed by atoms with Gasteiger partial charge in [-0.15, -0.1) is 0 Å². The minimum Gasteiger partial charge on any atom is -0.444 e. The summed E-state index contributed by atoms with van der Waals surface area (Å²) < 4.78 is 21.6. The van der Waals surface area contributed by atoms with E-state index in [4.69, 9.17) is 9.72 Å². The number of hydrogen-bond acceptors (Lipinski definition) is 4. The summed E-state index contributed by atoms with van der Waals surface area (Å²) in [6.07, 6.45) is 2.27. The molecule has 1 spiro atoms. The van der Waals surface area contributed by atoms with E-state index in [1.54, 1.807) is 4.90 Å². The van der Waals surface area contributed by atoms with Crippen molar-refractivity contribution in [3.8, 4) is 0 Å². The molecule has 7 heteroatoms. The quantitative estimate of drug-likeness (QED) is 0.782. The summed E-state index contributed by atoms with van der Waals surface area (Å²) >= 11 is 0. The van der Waals surface area contributed by atoms with Crippen molar-refractivity contribution in [3.05, 3.63) is 29.1 Å². The lowest BCUT2D eigenvalue weighted by atomic mass is 9.73. The molecule has 2 heterocycles. The first-order valence-corrected chi connectivity index (χ1v) is 11.6. The van der Waals surface area contributed by atoms with E-state index in [1.807, 2.05) is 54.5 Å². The summed E-state index contributed by atoms with van der Waals surface area (Å²) in [5.41, 5.74) is 2.67. The third kappa shape index (κ3) is 4.82. The fourth-order valence-corrected chi connectivity index (χ4v) is 5.13. The number of amides is 1. The minimum atomic E-state index is -1.18. The molecule has 0 aromatic carbocycles. The molecule has 3 rings (SSSR count). The molecule has 2 aliphatic rings. The Morgan fingerprint density at radius 1 is 1.21 bits per heavy atom. The summed E-state index contributed by atoms with van der Waals surface area (Å²) in [7, 11) is -1.18. The predicted octanol–water partition coefficient (Wildman–Crippen LogP) is 4.06. The Balaban J connectivity index is 1.82. The third-order valence-corrected chi connectivity index (χ3v) is 7.35. The van der Waals surface area contributed by atoms with Crippen LogP contribution < -0.4 is 4.72 Å². The van der Waals surface area contributed by atoms with Gasteiger partial charge in [-0.05, 0) is 84.8 Å². The summed E-state index contributed by atoms with van der Waals surface area (Å²) in [5.74, 6) is 0. The number of ether oxygens (including phenoxy) is 1. The van der Waals surface area contributed by atoms with Crippen LogP contribution in [-0.2, 0) is 22.1 Å². The van der Waals surface area contributed by atoms with Gasteiger partial charge in [-0.3, -0.25) is 4.98 Å². The fourth-order valence-electron chi connectivity index (χ4n) is 4.19. The molecule has 1 amide bonds. The number of carbonyl (C=O) groups excluding carboxylic acids is 1. The topological polar surface area (TPSA) is 71.5 Å². The zero-order valence-electron chi connectivity index (χ0n) is 18.8. The zero-order valence-corrected chi connectivity index (χ0v) is 19.6. The number of hydrogen-bond donors (Lipinski definition) is 1. The molecule has 1 N–H and O–H groups in total. The number of carbonyl (C=O) groups is 1. The Morgan fingerprint density at radius 2 is 1.83 bits per heavy atom. The van der Waals surface area contributed by atoms with Crippen molar-refractivity contribution in [2.75, 3.05) is 13.1 Å². The lowest BCUT2D eigenvalue weighted by molar-refractivity contribution is 0.00719. The van der Waals surface area contributed by atoms with E-state index in [1.165, 1.54) is 0 Å². The van der Waals surface area contributed by atoms with Crippen molar-refractivity contribution in [2.45, 2.75) is 84.1 Å². The number of fused-ring (bicyclic) bond motifs is 1. The number of aryl methyl sites for hydroxylation is 1. The van der Waals surface area contributed by atoms with E-state index in [9.17, 15) is 9.00 Å². The third-order valence-electron chi connectivity index (χ3n) is 5.78. The highest BCUT2D eigenvalue weighted by Gasteiger charge is 2.50. The maximum atomic E-state index is 12.9. The Bertz CT molecular complexity index is 803. The fraction of sp³-hybridized carbons (Fsp3) is 0.727. The molecule has 1 aliphatic carbocycles. The number of aromatic nitrogens is 1. The van der Waals surface area contributed by atoms with Crippen LogP contribution in [0, 0.1) is 12.3 Å². The van der Waals surface area contributed by atoms with E-state index in [0.717, 1.165) is 36.2 Å². The maximum Gasteiger partial charge on any atom is 0.410 e. The molecule has 162 valence electrons. The van der Waals surface area contributed by atoms with Crippen molar-refractivity contribution in [3.63, 3.8) is 0 Å². The summed E-state index contributed by atoms with van der Waals surface area (Å²) in [4.78, 5) is 19.1. The van der Waals surface area contributed by atoms with Gasteiger partial charge in [0.2, 0.25) is 0 Å². The standard InChI is InChI=1S/C22H35N3O3S/c1-15-8-9-16-17(23-15)14-22(18(16)24-29(27)21(5,6)7)10-12-25(13-11-22)19(26)28-20(2,3)4/h8-9,18,24H,10-14H2,1-7H3/t18?,29-/m0/s1. The van der Waals surface area contributed by atoms with Gasteiger partial charge in [0.15, 0.2) is 0 Å². The lowest BCUT2D eigenvalue weighted by Crippen LogP contribution is -2.49. The molecule has 1 aromatic heterocycles.